The number of rotatable bonds is 1. The molecule has 10 heavy (non-hydrogen) atoms. The predicted molar refractivity (Wildman–Crippen MR) is 34.4 cm³/mol. The van der Waals surface area contributed by atoms with E-state index < -0.39 is 6.09 Å². The molecule has 1 fully saturated rings. The quantitative estimate of drug-likeness (QED) is 0.554. The van der Waals surface area contributed by atoms with Crippen LogP contribution in [0, 0.1) is 0 Å². The fourth-order valence-corrected chi connectivity index (χ4v) is 0.757. The van der Waals surface area contributed by atoms with Crippen molar-refractivity contribution in [3.63, 3.8) is 0 Å². The molecule has 0 aromatic carbocycles. The molecule has 0 radical (unpaired) electrons. The van der Waals surface area contributed by atoms with Crippen molar-refractivity contribution in [2.24, 2.45) is 0 Å². The Morgan fingerprint density at radius 3 is 3.00 bits per heavy atom. The third-order valence-corrected chi connectivity index (χ3v) is 1.30. The van der Waals surface area contributed by atoms with Crippen LogP contribution in [0.25, 0.3) is 0 Å². The van der Waals surface area contributed by atoms with Crippen LogP contribution in [0.5, 0.6) is 0 Å². The zero-order valence-corrected chi connectivity index (χ0v) is 5.70. The maximum Gasteiger partial charge on any atom is 0.416 e. The zero-order valence-electron chi connectivity index (χ0n) is 5.70. The lowest BCUT2D eigenvalue weighted by Gasteiger charge is -2.08. The molecule has 1 heterocycles. The van der Waals surface area contributed by atoms with Gasteiger partial charge in [0.1, 0.15) is 6.61 Å². The molecule has 0 atom stereocenters. The highest BCUT2D eigenvalue weighted by Crippen LogP contribution is 2.08. The molecule has 0 saturated carbocycles. The summed E-state index contributed by atoms with van der Waals surface area (Å²) in [5, 5.41) is 9.01. The lowest BCUT2D eigenvalue weighted by atomic mass is 10.5. The number of allylic oxidation sites excluding steroid dienone is 1. The summed E-state index contributed by atoms with van der Waals surface area (Å²) in [7, 11) is 0. The van der Waals surface area contributed by atoms with Crippen LogP contribution < -0.4 is 0 Å². The van der Waals surface area contributed by atoms with Gasteiger partial charge in [-0.1, -0.05) is 0 Å². The first-order chi connectivity index (χ1) is 4.75. The minimum atomic E-state index is -0.476. The second-order valence-corrected chi connectivity index (χ2v) is 1.91. The van der Waals surface area contributed by atoms with Crippen LogP contribution in [-0.2, 0) is 4.74 Å². The van der Waals surface area contributed by atoms with E-state index in [0.29, 0.717) is 13.2 Å². The molecule has 0 spiro atoms. The summed E-state index contributed by atoms with van der Waals surface area (Å²) in [6.45, 7) is 2.45. The monoisotopic (exact) mass is 143 g/mol. The molecule has 4 heteroatoms. The minimum Gasteiger partial charge on any atom is -0.495 e. The van der Waals surface area contributed by atoms with E-state index in [1.807, 2.05) is 0 Å². The van der Waals surface area contributed by atoms with Gasteiger partial charge in [-0.25, -0.2) is 9.69 Å². The number of hydrogen-bond acceptors (Lipinski definition) is 3. The maximum atomic E-state index is 10.7. The van der Waals surface area contributed by atoms with Crippen molar-refractivity contribution in [2.75, 3.05) is 13.2 Å². The molecule has 1 aliphatic heterocycles. The summed E-state index contributed by atoms with van der Waals surface area (Å²) < 4.78 is 4.57. The summed E-state index contributed by atoms with van der Waals surface area (Å²) in [6, 6.07) is 0. The van der Waals surface area contributed by atoms with E-state index in [1.54, 1.807) is 6.92 Å². The maximum absolute atomic E-state index is 10.7. The molecule has 1 rings (SSSR count). The summed E-state index contributed by atoms with van der Waals surface area (Å²) in [5.74, 6) is -0.0394. The number of cyclic esters (lactones) is 1. The van der Waals surface area contributed by atoms with E-state index in [1.165, 1.54) is 11.0 Å². The smallest absolute Gasteiger partial charge is 0.416 e. The number of nitrogens with zero attached hydrogens (tertiary/aromatic N) is 1. The molecule has 0 aromatic rings. The Morgan fingerprint density at radius 2 is 2.60 bits per heavy atom. The highest BCUT2D eigenvalue weighted by Gasteiger charge is 2.24. The van der Waals surface area contributed by atoms with Crippen molar-refractivity contribution in [3.8, 4) is 0 Å². The Balaban J connectivity index is 2.64. The molecular weight excluding hydrogens is 134 g/mol. The molecule has 0 unspecified atom stereocenters. The van der Waals surface area contributed by atoms with Crippen LogP contribution in [-0.4, -0.2) is 29.3 Å². The normalized spacial score (nSPS) is 19.5. The van der Waals surface area contributed by atoms with Crippen molar-refractivity contribution in [1.29, 1.82) is 0 Å². The standard InChI is InChI=1S/C6H9NO3/c1-2-5(8)7-3-4-10-6(7)9/h2,8H,3-4H2,1H3/b5-2+. The number of aliphatic hydroxyl groups is 1. The van der Waals surface area contributed by atoms with Gasteiger partial charge < -0.3 is 9.84 Å². The summed E-state index contributed by atoms with van der Waals surface area (Å²) in [4.78, 5) is 11.9. The molecule has 4 nitrogen and oxygen atoms in total. The molecule has 0 aliphatic carbocycles. The third-order valence-electron chi connectivity index (χ3n) is 1.30. The van der Waals surface area contributed by atoms with E-state index in [9.17, 15) is 4.79 Å². The van der Waals surface area contributed by atoms with E-state index >= 15 is 0 Å². The van der Waals surface area contributed by atoms with Gasteiger partial charge in [0.2, 0.25) is 0 Å². The first kappa shape index (κ1) is 6.92. The molecule has 1 N–H and O–H groups in total. The van der Waals surface area contributed by atoms with Crippen molar-refractivity contribution in [2.45, 2.75) is 6.92 Å². The van der Waals surface area contributed by atoms with Crippen LogP contribution in [0.15, 0.2) is 12.0 Å². The Labute approximate surface area is 58.7 Å². The average molecular weight is 143 g/mol. The predicted octanol–water partition coefficient (Wildman–Crippen LogP) is 0.858. The molecule has 1 amide bonds. The van der Waals surface area contributed by atoms with E-state index in [4.69, 9.17) is 5.11 Å². The van der Waals surface area contributed by atoms with Gasteiger partial charge in [0.05, 0.1) is 6.54 Å². The van der Waals surface area contributed by atoms with Gasteiger partial charge in [-0.05, 0) is 13.0 Å². The fraction of sp³-hybridized carbons (Fsp3) is 0.500. The molecule has 56 valence electrons. The zero-order chi connectivity index (χ0) is 7.56. The Bertz CT molecular complexity index is 176. The number of aliphatic hydroxyl groups excluding tert-OH is 1. The van der Waals surface area contributed by atoms with E-state index in [2.05, 4.69) is 4.74 Å². The Morgan fingerprint density at radius 1 is 1.90 bits per heavy atom. The Hall–Kier alpha value is -1.19. The van der Waals surface area contributed by atoms with E-state index in [-0.39, 0.29) is 5.88 Å². The molecule has 1 saturated heterocycles. The molecule has 0 bridgehead atoms. The van der Waals surface area contributed by atoms with Gasteiger partial charge in [-0.3, -0.25) is 0 Å². The number of ether oxygens (including phenoxy) is 1. The van der Waals surface area contributed by atoms with Crippen LogP contribution in [0.3, 0.4) is 0 Å². The number of amides is 1. The van der Waals surface area contributed by atoms with Gasteiger partial charge in [0, 0.05) is 0 Å². The van der Waals surface area contributed by atoms with Crippen LogP contribution in [0.2, 0.25) is 0 Å². The van der Waals surface area contributed by atoms with Gasteiger partial charge in [0.25, 0.3) is 0 Å². The number of hydrogen-bond donors (Lipinski definition) is 1. The van der Waals surface area contributed by atoms with Crippen molar-refractivity contribution in [1.82, 2.24) is 4.90 Å². The topological polar surface area (TPSA) is 49.8 Å². The average Bonchev–Trinajstić information content (AvgIpc) is 2.34. The lowest BCUT2D eigenvalue weighted by Crippen LogP contribution is -2.22. The summed E-state index contributed by atoms with van der Waals surface area (Å²) in [5.41, 5.74) is 0. The molecule has 1 aliphatic rings. The second-order valence-electron chi connectivity index (χ2n) is 1.91. The van der Waals surface area contributed by atoms with Crippen molar-refractivity contribution in [3.05, 3.63) is 12.0 Å². The first-order valence-corrected chi connectivity index (χ1v) is 3.05. The van der Waals surface area contributed by atoms with Crippen molar-refractivity contribution >= 4 is 6.09 Å². The fourth-order valence-electron chi connectivity index (χ4n) is 0.757. The van der Waals surface area contributed by atoms with Gasteiger partial charge >= 0.3 is 6.09 Å². The first-order valence-electron chi connectivity index (χ1n) is 3.05. The lowest BCUT2D eigenvalue weighted by molar-refractivity contribution is 0.151. The SMILES string of the molecule is C/C=C(/O)N1CCOC1=O. The van der Waals surface area contributed by atoms with Crippen LogP contribution >= 0.6 is 0 Å². The van der Waals surface area contributed by atoms with E-state index in [0.717, 1.165) is 0 Å². The highest BCUT2D eigenvalue weighted by molar-refractivity contribution is 5.71. The molecular formula is C6H9NO3. The highest BCUT2D eigenvalue weighted by atomic mass is 16.6. The summed E-state index contributed by atoms with van der Waals surface area (Å²) in [6.07, 6.45) is 0.975. The minimum absolute atomic E-state index is 0.0394. The van der Waals surface area contributed by atoms with Crippen LogP contribution in [0.4, 0.5) is 4.79 Å². The number of carbonyl (C=O) groups is 1. The largest absolute Gasteiger partial charge is 0.495 e. The summed E-state index contributed by atoms with van der Waals surface area (Å²) >= 11 is 0. The molecule has 0 aromatic heterocycles. The van der Waals surface area contributed by atoms with Crippen molar-refractivity contribution < 1.29 is 14.6 Å². The third kappa shape index (κ3) is 1.05. The van der Waals surface area contributed by atoms with Gasteiger partial charge in [-0.2, -0.15) is 0 Å². The van der Waals surface area contributed by atoms with Crippen LogP contribution in [0.1, 0.15) is 6.92 Å². The Kier molecular flexibility index (Phi) is 1.80. The van der Waals surface area contributed by atoms with Gasteiger partial charge in [0.15, 0.2) is 5.88 Å². The number of carbonyl (C=O) groups excluding carboxylic acids is 1. The second kappa shape index (κ2) is 2.60. The van der Waals surface area contributed by atoms with Gasteiger partial charge in [-0.15, -0.1) is 0 Å².